The van der Waals surface area contributed by atoms with E-state index in [4.69, 9.17) is 0 Å². The number of hydrogen-bond donors (Lipinski definition) is 0. The van der Waals surface area contributed by atoms with E-state index in [-0.39, 0.29) is 0 Å². The lowest BCUT2D eigenvalue weighted by molar-refractivity contribution is -0.121. The second kappa shape index (κ2) is 12.1. The van der Waals surface area contributed by atoms with Gasteiger partial charge in [0.05, 0.1) is 0 Å². The van der Waals surface area contributed by atoms with E-state index < -0.39 is 0 Å². The Balaban J connectivity index is 3.84. The summed E-state index contributed by atoms with van der Waals surface area (Å²) in [7, 11) is 0. The third kappa shape index (κ3) is 10.4. The highest BCUT2D eigenvalue weighted by Gasteiger charge is 2.15. The molecule has 1 heteroatoms. The van der Waals surface area contributed by atoms with Crippen molar-refractivity contribution in [3.63, 3.8) is 0 Å². The highest BCUT2D eigenvalue weighted by Crippen LogP contribution is 2.23. The molecule has 3 atom stereocenters. The van der Waals surface area contributed by atoms with E-state index in [1.54, 1.807) is 6.92 Å². The van der Waals surface area contributed by atoms with Crippen LogP contribution in [0.4, 0.5) is 0 Å². The van der Waals surface area contributed by atoms with Crippen LogP contribution < -0.4 is 0 Å². The second-order valence-corrected chi connectivity index (χ2v) is 8.32. The topological polar surface area (TPSA) is 17.1 Å². The molecule has 22 heavy (non-hydrogen) atoms. The Morgan fingerprint density at radius 1 is 0.636 bits per heavy atom. The molecule has 132 valence electrons. The van der Waals surface area contributed by atoms with Crippen molar-refractivity contribution in [2.24, 2.45) is 29.6 Å². The smallest absolute Gasteiger partial charge is 0.132 e. The lowest BCUT2D eigenvalue weighted by atomic mass is 9.87. The Kier molecular flexibility index (Phi) is 12.0. The van der Waals surface area contributed by atoms with E-state index in [1.807, 2.05) is 0 Å². The number of Topliss-reactive ketones (excluding diaryl/α,β-unsaturated/α-hetero) is 1. The van der Waals surface area contributed by atoms with Crippen LogP contribution in [-0.2, 0) is 4.79 Å². The van der Waals surface area contributed by atoms with Gasteiger partial charge >= 0.3 is 0 Å². The van der Waals surface area contributed by atoms with Gasteiger partial charge in [0.25, 0.3) is 0 Å². The predicted molar refractivity (Wildman–Crippen MR) is 99.1 cm³/mol. The van der Waals surface area contributed by atoms with Crippen LogP contribution in [-0.4, -0.2) is 5.78 Å². The first-order valence-electron chi connectivity index (χ1n) is 9.76. The van der Waals surface area contributed by atoms with Crippen molar-refractivity contribution in [2.75, 3.05) is 0 Å². The van der Waals surface area contributed by atoms with Crippen LogP contribution in [0.1, 0.15) is 99.8 Å². The van der Waals surface area contributed by atoms with Crippen molar-refractivity contribution in [3.8, 4) is 0 Å². The number of unbranched alkanes of at least 4 members (excludes halogenated alkanes) is 2. The third-order valence-corrected chi connectivity index (χ3v) is 5.78. The molecule has 0 saturated carbocycles. The summed E-state index contributed by atoms with van der Waals surface area (Å²) in [4.78, 5) is 11.8. The molecule has 0 aromatic heterocycles. The zero-order valence-corrected chi connectivity index (χ0v) is 16.5. The molecule has 0 rings (SSSR count). The molecular weight excluding hydrogens is 268 g/mol. The highest BCUT2D eigenvalue weighted by atomic mass is 16.1. The van der Waals surface area contributed by atoms with Crippen molar-refractivity contribution in [1.29, 1.82) is 0 Å². The molecule has 0 aliphatic rings. The van der Waals surface area contributed by atoms with Crippen molar-refractivity contribution < 1.29 is 4.79 Å². The first-order chi connectivity index (χ1) is 10.3. The van der Waals surface area contributed by atoms with Crippen molar-refractivity contribution in [3.05, 3.63) is 0 Å². The number of ketones is 1. The molecule has 0 spiro atoms. The van der Waals surface area contributed by atoms with Gasteiger partial charge in [0.2, 0.25) is 0 Å². The monoisotopic (exact) mass is 310 g/mol. The summed E-state index contributed by atoms with van der Waals surface area (Å²) >= 11 is 0. The van der Waals surface area contributed by atoms with Crippen molar-refractivity contribution in [2.45, 2.75) is 99.8 Å². The summed E-state index contributed by atoms with van der Waals surface area (Å²) in [5, 5.41) is 0. The molecule has 0 aliphatic heterocycles. The van der Waals surface area contributed by atoms with E-state index in [9.17, 15) is 4.79 Å². The number of carbonyl (C=O) groups excluding carboxylic acids is 1. The second-order valence-electron chi connectivity index (χ2n) is 8.32. The lowest BCUT2D eigenvalue weighted by Crippen LogP contribution is -2.12. The molecular formula is C21H42O. The molecule has 0 aliphatic carbocycles. The number of carbonyl (C=O) groups is 1. The first-order valence-corrected chi connectivity index (χ1v) is 9.76. The van der Waals surface area contributed by atoms with Crippen LogP contribution >= 0.6 is 0 Å². The maximum Gasteiger partial charge on any atom is 0.132 e. The fraction of sp³-hybridized carbons (Fsp3) is 0.952. The van der Waals surface area contributed by atoms with Crippen LogP contribution in [0.2, 0.25) is 0 Å². The van der Waals surface area contributed by atoms with Gasteiger partial charge in [-0.3, -0.25) is 4.79 Å². The van der Waals surface area contributed by atoms with Gasteiger partial charge in [-0.1, -0.05) is 80.1 Å². The standard InChI is InChI=1S/C21H42O/c1-16(2)18(5)12-9-8-10-14-21(20(7)22)15-11-13-19(6)17(3)4/h16-19,21H,8-15H2,1-7H3. The summed E-state index contributed by atoms with van der Waals surface area (Å²) in [6.45, 7) is 15.7. The molecule has 0 heterocycles. The van der Waals surface area contributed by atoms with Gasteiger partial charge in [0.15, 0.2) is 0 Å². The Morgan fingerprint density at radius 3 is 1.50 bits per heavy atom. The van der Waals surface area contributed by atoms with E-state index in [1.165, 1.54) is 38.5 Å². The van der Waals surface area contributed by atoms with Gasteiger partial charge in [-0.15, -0.1) is 0 Å². The minimum atomic E-state index is 0.321. The molecule has 0 saturated heterocycles. The van der Waals surface area contributed by atoms with Crippen molar-refractivity contribution >= 4 is 5.78 Å². The van der Waals surface area contributed by atoms with Crippen LogP contribution in [0.5, 0.6) is 0 Å². The number of rotatable bonds is 13. The Labute approximate surface area is 140 Å². The molecule has 0 amide bonds. The molecule has 0 radical (unpaired) electrons. The summed E-state index contributed by atoms with van der Waals surface area (Å²) in [6.07, 6.45) is 9.90. The van der Waals surface area contributed by atoms with Crippen LogP contribution in [0.25, 0.3) is 0 Å². The summed E-state index contributed by atoms with van der Waals surface area (Å²) in [5.41, 5.74) is 0. The quantitative estimate of drug-likeness (QED) is 0.338. The molecule has 0 bridgehead atoms. The van der Waals surface area contributed by atoms with Crippen LogP contribution in [0.3, 0.4) is 0 Å². The average Bonchev–Trinajstić information content (AvgIpc) is 2.43. The summed E-state index contributed by atoms with van der Waals surface area (Å²) in [5.74, 6) is 3.91. The molecule has 0 N–H and O–H groups in total. The Bertz CT molecular complexity index is 280. The fourth-order valence-electron chi connectivity index (χ4n) is 2.94. The Morgan fingerprint density at radius 2 is 1.05 bits per heavy atom. The SMILES string of the molecule is CC(=O)C(CCCCCC(C)C(C)C)CCCC(C)C(C)C. The van der Waals surface area contributed by atoms with Gasteiger partial charge < -0.3 is 0 Å². The summed E-state index contributed by atoms with van der Waals surface area (Å²) < 4.78 is 0. The van der Waals surface area contributed by atoms with Crippen molar-refractivity contribution in [1.82, 2.24) is 0 Å². The van der Waals surface area contributed by atoms with E-state index in [0.29, 0.717) is 11.7 Å². The van der Waals surface area contributed by atoms with Crippen LogP contribution in [0, 0.1) is 29.6 Å². The molecule has 1 nitrogen and oxygen atoms in total. The van der Waals surface area contributed by atoms with E-state index in [0.717, 1.165) is 36.5 Å². The minimum Gasteiger partial charge on any atom is -0.300 e. The molecule has 0 aromatic carbocycles. The van der Waals surface area contributed by atoms with Gasteiger partial charge in [-0.2, -0.15) is 0 Å². The molecule has 0 fully saturated rings. The number of hydrogen-bond acceptors (Lipinski definition) is 1. The van der Waals surface area contributed by atoms with Gasteiger partial charge in [0, 0.05) is 5.92 Å². The van der Waals surface area contributed by atoms with Crippen LogP contribution in [0.15, 0.2) is 0 Å². The van der Waals surface area contributed by atoms with Gasteiger partial charge in [0.1, 0.15) is 5.78 Å². The maximum atomic E-state index is 11.8. The average molecular weight is 311 g/mol. The summed E-state index contributed by atoms with van der Waals surface area (Å²) in [6, 6.07) is 0. The highest BCUT2D eigenvalue weighted by molar-refractivity contribution is 5.78. The normalized spacial score (nSPS) is 16.0. The van der Waals surface area contributed by atoms with E-state index in [2.05, 4.69) is 41.5 Å². The zero-order chi connectivity index (χ0) is 17.1. The predicted octanol–water partition coefficient (Wildman–Crippen LogP) is 6.90. The van der Waals surface area contributed by atoms with Gasteiger partial charge in [-0.25, -0.2) is 0 Å². The minimum absolute atomic E-state index is 0.321. The first kappa shape index (κ1) is 21.7. The lowest BCUT2D eigenvalue weighted by Gasteiger charge is -2.18. The third-order valence-electron chi connectivity index (χ3n) is 5.78. The fourth-order valence-corrected chi connectivity index (χ4v) is 2.94. The maximum absolute atomic E-state index is 11.8. The molecule has 3 unspecified atom stereocenters. The molecule has 0 aromatic rings. The largest absolute Gasteiger partial charge is 0.300 e. The van der Waals surface area contributed by atoms with E-state index >= 15 is 0 Å². The zero-order valence-electron chi connectivity index (χ0n) is 16.5. The Hall–Kier alpha value is -0.330. The van der Waals surface area contributed by atoms with Gasteiger partial charge in [-0.05, 0) is 43.4 Å².